The smallest absolute Gasteiger partial charge is 0.191 e. The van der Waals surface area contributed by atoms with Gasteiger partial charge in [0.15, 0.2) is 5.96 Å². The molecule has 1 aromatic carbocycles. The summed E-state index contributed by atoms with van der Waals surface area (Å²) in [7, 11) is 1.83. The zero-order valence-corrected chi connectivity index (χ0v) is 21.7. The molecule has 3 heterocycles. The average molecular weight is 557 g/mol. The number of nitrogens with one attached hydrogen (secondary N) is 2. The van der Waals surface area contributed by atoms with Crippen LogP contribution < -0.4 is 25.0 Å². The first-order valence-electron chi connectivity index (χ1n) is 10.9. The minimum Gasteiger partial charge on any atom is -0.494 e. The molecule has 1 atom stereocenters. The second kappa shape index (κ2) is 11.3. The number of hydrogen-bond donors (Lipinski definition) is 2. The quantitative estimate of drug-likeness (QED) is 0.314. The van der Waals surface area contributed by atoms with Gasteiger partial charge in [0.2, 0.25) is 0 Å². The summed E-state index contributed by atoms with van der Waals surface area (Å²) in [5, 5.41) is 10.6. The fourth-order valence-corrected chi connectivity index (χ4v) is 4.96. The van der Waals surface area contributed by atoms with E-state index in [1.807, 2.05) is 25.3 Å². The minimum atomic E-state index is 0. The summed E-state index contributed by atoms with van der Waals surface area (Å²) >= 11 is 1.82. The second-order valence-corrected chi connectivity index (χ2v) is 8.84. The van der Waals surface area contributed by atoms with E-state index in [4.69, 9.17) is 9.47 Å². The van der Waals surface area contributed by atoms with Crippen LogP contribution in [0, 0.1) is 0 Å². The molecular weight excluding hydrogens is 523 g/mol. The van der Waals surface area contributed by atoms with Crippen LogP contribution >= 0.6 is 35.3 Å². The van der Waals surface area contributed by atoms with Gasteiger partial charge in [-0.05, 0) is 56.3 Å². The third-order valence-corrected chi connectivity index (χ3v) is 6.63. The van der Waals surface area contributed by atoms with Gasteiger partial charge in [-0.1, -0.05) is 0 Å². The van der Waals surface area contributed by atoms with Crippen LogP contribution in [-0.4, -0.2) is 44.8 Å². The third-order valence-electron chi connectivity index (χ3n) is 5.70. The molecule has 0 bridgehead atoms. The average Bonchev–Trinajstić information content (AvgIpc) is 3.40. The number of fused-ring (bicyclic) bond motifs is 1. The number of thiophene rings is 1. The molecule has 2 aliphatic rings. The first-order valence-corrected chi connectivity index (χ1v) is 11.7. The Hall–Kier alpha value is -1.68. The van der Waals surface area contributed by atoms with Crippen LogP contribution in [0.25, 0.3) is 0 Å². The molecule has 1 unspecified atom stereocenters. The molecule has 170 valence electrons. The zero-order chi connectivity index (χ0) is 20.9. The SMILES string of the molecule is CCOc1cc2c(cc1CNC(=NC)NC1CCN(c3cccs3)CC1)OC(C)C2.I. The van der Waals surface area contributed by atoms with Crippen molar-refractivity contribution in [2.45, 2.75) is 51.8 Å². The molecule has 0 amide bonds. The van der Waals surface area contributed by atoms with Crippen molar-refractivity contribution < 1.29 is 9.47 Å². The van der Waals surface area contributed by atoms with Crippen molar-refractivity contribution in [3.8, 4) is 11.5 Å². The number of guanidine groups is 1. The van der Waals surface area contributed by atoms with E-state index < -0.39 is 0 Å². The molecule has 6 nitrogen and oxygen atoms in total. The standard InChI is InChI=1S/C23H32N4O2S.HI/c1-4-28-20-13-17-12-16(2)29-21(17)14-18(20)15-25-23(24-3)26-19-7-9-27(10-8-19)22-6-5-11-30-22;/h5-6,11,13-14,16,19H,4,7-10,12,15H2,1-3H3,(H2,24,25,26);1H. The molecule has 8 heteroatoms. The normalized spacial score (nSPS) is 18.7. The Kier molecular flexibility index (Phi) is 8.71. The molecule has 1 saturated heterocycles. The maximum Gasteiger partial charge on any atom is 0.191 e. The Morgan fingerprint density at radius 2 is 2.13 bits per heavy atom. The number of nitrogens with zero attached hydrogens (tertiary/aromatic N) is 2. The molecule has 1 aromatic heterocycles. The van der Waals surface area contributed by atoms with E-state index in [-0.39, 0.29) is 30.1 Å². The van der Waals surface area contributed by atoms with E-state index in [0.717, 1.165) is 55.4 Å². The fourth-order valence-electron chi connectivity index (χ4n) is 4.17. The van der Waals surface area contributed by atoms with Gasteiger partial charge in [0, 0.05) is 50.3 Å². The summed E-state index contributed by atoms with van der Waals surface area (Å²) in [6, 6.07) is 9.01. The van der Waals surface area contributed by atoms with Gasteiger partial charge in [0.1, 0.15) is 17.6 Å². The van der Waals surface area contributed by atoms with Crippen molar-refractivity contribution in [3.05, 3.63) is 40.8 Å². The molecule has 0 saturated carbocycles. The van der Waals surface area contributed by atoms with Crippen LogP contribution in [0.5, 0.6) is 11.5 Å². The number of hydrogen-bond acceptors (Lipinski definition) is 5. The van der Waals surface area contributed by atoms with E-state index >= 15 is 0 Å². The first-order chi connectivity index (χ1) is 14.7. The first kappa shape index (κ1) is 24.0. The molecule has 0 radical (unpaired) electrons. The van der Waals surface area contributed by atoms with Gasteiger partial charge < -0.3 is 25.0 Å². The number of benzene rings is 1. The largest absolute Gasteiger partial charge is 0.494 e. The van der Waals surface area contributed by atoms with Crippen LogP contribution in [-0.2, 0) is 13.0 Å². The summed E-state index contributed by atoms with van der Waals surface area (Å²) in [5.41, 5.74) is 2.33. The van der Waals surface area contributed by atoms with Crippen molar-refractivity contribution in [2.24, 2.45) is 4.99 Å². The highest BCUT2D eigenvalue weighted by molar-refractivity contribution is 14.0. The third kappa shape index (κ3) is 5.97. The summed E-state index contributed by atoms with van der Waals surface area (Å²) in [6.07, 6.45) is 3.38. The Balaban J connectivity index is 0.00000272. The molecule has 31 heavy (non-hydrogen) atoms. The lowest BCUT2D eigenvalue weighted by molar-refractivity contribution is 0.254. The Bertz CT molecular complexity index is 867. The number of halogens is 1. The summed E-state index contributed by atoms with van der Waals surface area (Å²) < 4.78 is 11.8. The topological polar surface area (TPSA) is 58.1 Å². The van der Waals surface area contributed by atoms with Crippen molar-refractivity contribution in [1.29, 1.82) is 0 Å². The van der Waals surface area contributed by atoms with Crippen LogP contribution in [0.2, 0.25) is 0 Å². The lowest BCUT2D eigenvalue weighted by Crippen LogP contribution is -2.48. The van der Waals surface area contributed by atoms with Gasteiger partial charge in [0.25, 0.3) is 0 Å². The fraction of sp³-hybridized carbons (Fsp3) is 0.522. The predicted molar refractivity (Wildman–Crippen MR) is 140 cm³/mol. The van der Waals surface area contributed by atoms with Crippen molar-refractivity contribution in [1.82, 2.24) is 10.6 Å². The van der Waals surface area contributed by atoms with Crippen LogP contribution in [0.15, 0.2) is 34.6 Å². The molecule has 2 aromatic rings. The highest BCUT2D eigenvalue weighted by Gasteiger charge is 2.23. The molecule has 2 N–H and O–H groups in total. The molecular formula is C23H33IN4O2S. The number of rotatable bonds is 6. The van der Waals surface area contributed by atoms with E-state index in [1.54, 1.807) is 0 Å². The van der Waals surface area contributed by atoms with Crippen molar-refractivity contribution in [3.63, 3.8) is 0 Å². The zero-order valence-electron chi connectivity index (χ0n) is 18.5. The molecule has 0 spiro atoms. The van der Waals surface area contributed by atoms with Gasteiger partial charge in [-0.25, -0.2) is 0 Å². The van der Waals surface area contributed by atoms with Crippen molar-refractivity contribution >= 4 is 46.3 Å². The van der Waals surface area contributed by atoms with Gasteiger partial charge in [-0.2, -0.15) is 0 Å². The number of piperidine rings is 1. The van der Waals surface area contributed by atoms with Crippen LogP contribution in [0.3, 0.4) is 0 Å². The number of aliphatic imine (C=N–C) groups is 1. The lowest BCUT2D eigenvalue weighted by atomic mass is 10.1. The van der Waals surface area contributed by atoms with E-state index in [1.165, 1.54) is 10.6 Å². The Labute approximate surface area is 206 Å². The summed E-state index contributed by atoms with van der Waals surface area (Å²) in [5.74, 6) is 2.75. The van der Waals surface area contributed by atoms with Gasteiger partial charge in [-0.15, -0.1) is 35.3 Å². The summed E-state index contributed by atoms with van der Waals surface area (Å²) in [4.78, 5) is 6.91. The van der Waals surface area contributed by atoms with Crippen LogP contribution in [0.4, 0.5) is 5.00 Å². The van der Waals surface area contributed by atoms with Crippen LogP contribution in [0.1, 0.15) is 37.8 Å². The van der Waals surface area contributed by atoms with Gasteiger partial charge in [-0.3, -0.25) is 4.99 Å². The summed E-state index contributed by atoms with van der Waals surface area (Å²) in [6.45, 7) is 7.57. The Morgan fingerprint density at radius 3 is 2.81 bits per heavy atom. The maximum absolute atomic E-state index is 5.94. The number of ether oxygens (including phenoxy) is 2. The highest BCUT2D eigenvalue weighted by atomic mass is 127. The van der Waals surface area contributed by atoms with E-state index in [2.05, 4.69) is 57.1 Å². The minimum absolute atomic E-state index is 0. The Morgan fingerprint density at radius 1 is 1.32 bits per heavy atom. The number of anilines is 1. The molecule has 2 aliphatic heterocycles. The lowest BCUT2D eigenvalue weighted by Gasteiger charge is -2.33. The molecule has 4 rings (SSSR count). The van der Waals surface area contributed by atoms with Gasteiger partial charge >= 0.3 is 0 Å². The maximum atomic E-state index is 5.94. The monoisotopic (exact) mass is 556 g/mol. The van der Waals surface area contributed by atoms with E-state index in [0.29, 0.717) is 19.2 Å². The predicted octanol–water partition coefficient (Wildman–Crippen LogP) is 4.42. The molecule has 0 aliphatic carbocycles. The van der Waals surface area contributed by atoms with E-state index in [9.17, 15) is 0 Å². The van der Waals surface area contributed by atoms with Crippen molar-refractivity contribution in [2.75, 3.05) is 31.6 Å². The second-order valence-electron chi connectivity index (χ2n) is 7.92. The molecule has 1 fully saturated rings. The van der Waals surface area contributed by atoms with Gasteiger partial charge in [0.05, 0.1) is 11.6 Å². The highest BCUT2D eigenvalue weighted by Crippen LogP contribution is 2.35.